The lowest BCUT2D eigenvalue weighted by Gasteiger charge is -2.08. The molecule has 5 nitrogen and oxygen atoms in total. The third-order valence-corrected chi connectivity index (χ3v) is 2.37. The van der Waals surface area contributed by atoms with Gasteiger partial charge in [0.15, 0.2) is 5.82 Å². The van der Waals surface area contributed by atoms with Gasteiger partial charge < -0.3 is 5.73 Å². The Morgan fingerprint density at radius 1 is 1.67 bits per heavy atom. The molecule has 0 radical (unpaired) electrons. The van der Waals surface area contributed by atoms with Gasteiger partial charge in [-0.1, -0.05) is 6.08 Å². The largest absolute Gasteiger partial charge is 0.321 e. The molecule has 0 fully saturated rings. The minimum atomic E-state index is -0.210. The van der Waals surface area contributed by atoms with E-state index in [0.29, 0.717) is 5.82 Å². The predicted octanol–water partition coefficient (Wildman–Crippen LogP) is 1.10. The first kappa shape index (κ1) is 10.3. The first-order valence-electron chi connectivity index (χ1n) is 4.75. The molecule has 0 amide bonds. The van der Waals surface area contributed by atoms with Crippen LogP contribution >= 0.6 is 11.6 Å². The van der Waals surface area contributed by atoms with Crippen molar-refractivity contribution in [3.05, 3.63) is 24.1 Å². The van der Waals surface area contributed by atoms with E-state index < -0.39 is 0 Å². The van der Waals surface area contributed by atoms with Crippen molar-refractivity contribution in [3.8, 4) is 0 Å². The first-order chi connectivity index (χ1) is 7.16. The topological polar surface area (TPSA) is 69.6 Å². The summed E-state index contributed by atoms with van der Waals surface area (Å²) in [5, 5.41) is 11.9. The number of rotatable bonds is 2. The number of aromatic nitrogens is 4. The lowest BCUT2D eigenvalue weighted by atomic mass is 10.1. The highest BCUT2D eigenvalue weighted by Crippen LogP contribution is 2.17. The van der Waals surface area contributed by atoms with Crippen LogP contribution < -0.4 is 5.73 Å². The quantitative estimate of drug-likeness (QED) is 0.766. The Balaban J connectivity index is 2.26. The van der Waals surface area contributed by atoms with Crippen molar-refractivity contribution in [2.45, 2.75) is 24.8 Å². The van der Waals surface area contributed by atoms with Crippen LogP contribution in [0.4, 0.5) is 0 Å². The fraction of sp³-hybridized carbons (Fsp3) is 0.444. The van der Waals surface area contributed by atoms with E-state index in [4.69, 9.17) is 17.3 Å². The van der Waals surface area contributed by atoms with E-state index in [1.54, 1.807) is 0 Å². The molecule has 15 heavy (non-hydrogen) atoms. The number of nitrogens with zero attached hydrogens (tertiary/aromatic N) is 4. The van der Waals surface area contributed by atoms with Crippen LogP contribution in [0.15, 0.2) is 18.2 Å². The minimum absolute atomic E-state index is 0.00486. The summed E-state index contributed by atoms with van der Waals surface area (Å²) in [5.41, 5.74) is 6.48. The summed E-state index contributed by atoms with van der Waals surface area (Å²) < 4.78 is 0. The summed E-state index contributed by atoms with van der Waals surface area (Å²) in [7, 11) is 0. The zero-order valence-electron chi connectivity index (χ0n) is 8.34. The number of nitrogens with two attached hydrogens (primary N) is 1. The Hall–Kier alpha value is -1.20. The number of halogens is 1. The van der Waals surface area contributed by atoms with Gasteiger partial charge in [-0.05, 0) is 30.7 Å². The molecule has 0 bridgehead atoms. The van der Waals surface area contributed by atoms with Crippen LogP contribution in [0.25, 0.3) is 5.70 Å². The van der Waals surface area contributed by atoms with Gasteiger partial charge in [0.25, 0.3) is 0 Å². The van der Waals surface area contributed by atoms with Crippen LogP contribution in [0.5, 0.6) is 0 Å². The van der Waals surface area contributed by atoms with E-state index in [1.165, 1.54) is 4.80 Å². The maximum Gasteiger partial charge on any atom is 0.191 e. The second-order valence-electron chi connectivity index (χ2n) is 3.47. The zero-order chi connectivity index (χ0) is 10.8. The summed E-state index contributed by atoms with van der Waals surface area (Å²) >= 11 is 5.99. The Bertz CT molecular complexity index is 406. The van der Waals surface area contributed by atoms with Gasteiger partial charge in [-0.15, -0.1) is 26.6 Å². The molecule has 0 spiro atoms. The molecule has 1 aliphatic rings. The van der Waals surface area contributed by atoms with Crippen molar-refractivity contribution >= 4 is 17.3 Å². The zero-order valence-corrected chi connectivity index (χ0v) is 9.09. The van der Waals surface area contributed by atoms with E-state index in [2.05, 4.69) is 15.4 Å². The van der Waals surface area contributed by atoms with Gasteiger partial charge in [0.2, 0.25) is 0 Å². The number of allylic oxidation sites excluding steroid dienone is 4. The molecule has 1 heterocycles. The van der Waals surface area contributed by atoms with Gasteiger partial charge in [0.1, 0.15) is 0 Å². The Kier molecular flexibility index (Phi) is 2.83. The first-order valence-corrected chi connectivity index (χ1v) is 5.19. The number of hydrogen-bond acceptors (Lipinski definition) is 4. The highest BCUT2D eigenvalue weighted by atomic mass is 35.5. The molecule has 2 rings (SSSR count). The van der Waals surface area contributed by atoms with Gasteiger partial charge in [-0.25, -0.2) is 0 Å². The van der Waals surface area contributed by atoms with Crippen LogP contribution in [-0.2, 0) is 0 Å². The minimum Gasteiger partial charge on any atom is -0.321 e. The predicted molar refractivity (Wildman–Crippen MR) is 58.1 cm³/mol. The fourth-order valence-corrected chi connectivity index (χ4v) is 1.51. The van der Waals surface area contributed by atoms with E-state index in [9.17, 15) is 0 Å². The summed E-state index contributed by atoms with van der Waals surface area (Å²) in [6.45, 7) is 1.82. The van der Waals surface area contributed by atoms with Crippen LogP contribution in [0.1, 0.15) is 25.2 Å². The standard InChI is InChI=1S/C9H12ClN5/c1-6(11)9-12-14-15(13-9)8-4-2-3-7(10)5-8/h2,4-7H,3,11H2,1H3/t6-,7?/m1/s1. The second-order valence-corrected chi connectivity index (χ2v) is 4.03. The molecule has 1 aromatic rings. The molecule has 1 aliphatic carbocycles. The van der Waals surface area contributed by atoms with Gasteiger partial charge in [0.05, 0.1) is 17.1 Å². The molecule has 0 aliphatic heterocycles. The molecule has 1 aromatic heterocycles. The summed E-state index contributed by atoms with van der Waals surface area (Å²) in [6.07, 6.45) is 6.64. The van der Waals surface area contributed by atoms with Crippen LogP contribution in [0.2, 0.25) is 0 Å². The Morgan fingerprint density at radius 2 is 2.47 bits per heavy atom. The Labute approximate surface area is 92.6 Å². The number of tetrazole rings is 1. The smallest absolute Gasteiger partial charge is 0.191 e. The molecule has 1 unspecified atom stereocenters. The highest BCUT2D eigenvalue weighted by molar-refractivity contribution is 6.22. The van der Waals surface area contributed by atoms with Crippen LogP contribution in [0, 0.1) is 0 Å². The molecule has 0 saturated carbocycles. The molecule has 80 valence electrons. The lowest BCUT2D eigenvalue weighted by Crippen LogP contribution is -2.09. The lowest BCUT2D eigenvalue weighted by molar-refractivity contribution is 0.717. The van der Waals surface area contributed by atoms with Gasteiger partial charge in [-0.2, -0.15) is 0 Å². The maximum absolute atomic E-state index is 5.99. The van der Waals surface area contributed by atoms with Crippen LogP contribution in [0.3, 0.4) is 0 Å². The molecule has 0 aromatic carbocycles. The number of alkyl halides is 1. The molecule has 0 saturated heterocycles. The average Bonchev–Trinajstić information content (AvgIpc) is 2.66. The number of hydrogen-bond donors (Lipinski definition) is 1. The highest BCUT2D eigenvalue weighted by Gasteiger charge is 2.12. The van der Waals surface area contributed by atoms with Crippen molar-refractivity contribution in [2.24, 2.45) is 5.73 Å². The average molecular weight is 226 g/mol. The van der Waals surface area contributed by atoms with Crippen molar-refractivity contribution in [1.29, 1.82) is 0 Å². The van der Waals surface area contributed by atoms with Gasteiger partial charge in [-0.3, -0.25) is 0 Å². The summed E-state index contributed by atoms with van der Waals surface area (Å²) in [5.74, 6) is 0.529. The third kappa shape index (κ3) is 2.24. The molecule has 2 N–H and O–H groups in total. The van der Waals surface area contributed by atoms with Crippen LogP contribution in [-0.4, -0.2) is 25.6 Å². The van der Waals surface area contributed by atoms with E-state index in [-0.39, 0.29) is 11.4 Å². The monoisotopic (exact) mass is 225 g/mol. The summed E-state index contributed by atoms with van der Waals surface area (Å²) in [4.78, 5) is 1.45. The van der Waals surface area contributed by atoms with Crippen molar-refractivity contribution in [3.63, 3.8) is 0 Å². The Morgan fingerprint density at radius 3 is 3.07 bits per heavy atom. The van der Waals surface area contributed by atoms with Crippen molar-refractivity contribution in [2.75, 3.05) is 0 Å². The van der Waals surface area contributed by atoms with E-state index in [1.807, 2.05) is 25.2 Å². The van der Waals surface area contributed by atoms with E-state index in [0.717, 1.165) is 12.1 Å². The fourth-order valence-electron chi connectivity index (χ4n) is 1.28. The maximum atomic E-state index is 5.99. The van der Waals surface area contributed by atoms with Gasteiger partial charge in [0, 0.05) is 0 Å². The normalized spacial score (nSPS) is 22.6. The van der Waals surface area contributed by atoms with E-state index >= 15 is 0 Å². The molecule has 2 atom stereocenters. The second kappa shape index (κ2) is 4.12. The van der Waals surface area contributed by atoms with Crippen molar-refractivity contribution < 1.29 is 0 Å². The molecular formula is C9H12ClN5. The van der Waals surface area contributed by atoms with Gasteiger partial charge >= 0.3 is 0 Å². The SMILES string of the molecule is C[C@@H](N)c1nnn(C2=CC(Cl)CC=C2)n1. The molecular weight excluding hydrogens is 214 g/mol. The molecule has 6 heteroatoms. The third-order valence-electron chi connectivity index (χ3n) is 2.07. The van der Waals surface area contributed by atoms with Crippen molar-refractivity contribution in [1.82, 2.24) is 20.2 Å². The summed E-state index contributed by atoms with van der Waals surface area (Å²) in [6, 6.07) is -0.210.